The standard InChI is InChI=1S/C14H11BrN4O2/c1-8-6-11(9-2-4-10(15)5-3-9)18-19(8)13-12(20)7-16-17-14(13)21/h2-7H,1H3,(H2,17,20,21). The minimum atomic E-state index is -0.497. The topological polar surface area (TPSA) is 83.8 Å². The Labute approximate surface area is 128 Å². The molecule has 3 aromatic rings. The quantitative estimate of drug-likeness (QED) is 0.746. The average molecular weight is 347 g/mol. The second-order valence-electron chi connectivity index (χ2n) is 4.52. The first-order valence-corrected chi connectivity index (χ1v) is 6.95. The largest absolute Gasteiger partial charge is 0.504 e. The summed E-state index contributed by atoms with van der Waals surface area (Å²) in [5, 5.41) is 20.1. The van der Waals surface area contributed by atoms with E-state index in [2.05, 4.69) is 31.2 Å². The van der Waals surface area contributed by atoms with Gasteiger partial charge in [0.05, 0.1) is 11.9 Å². The molecule has 2 N–H and O–H groups in total. The molecule has 0 bridgehead atoms. The number of nitrogens with one attached hydrogen (secondary N) is 1. The molecule has 0 saturated heterocycles. The Hall–Kier alpha value is -2.41. The first kappa shape index (κ1) is 13.6. The molecule has 2 aromatic heterocycles. The fourth-order valence-corrected chi connectivity index (χ4v) is 2.31. The fourth-order valence-electron chi connectivity index (χ4n) is 2.05. The third-order valence-corrected chi connectivity index (χ3v) is 3.58. The molecule has 0 atom stereocenters. The highest BCUT2D eigenvalue weighted by molar-refractivity contribution is 9.10. The van der Waals surface area contributed by atoms with E-state index in [0.29, 0.717) is 0 Å². The van der Waals surface area contributed by atoms with Crippen LogP contribution in [0.2, 0.25) is 0 Å². The van der Waals surface area contributed by atoms with Gasteiger partial charge in [-0.25, -0.2) is 9.78 Å². The van der Waals surface area contributed by atoms with Gasteiger partial charge in [-0.3, -0.25) is 4.79 Å². The van der Waals surface area contributed by atoms with E-state index >= 15 is 0 Å². The molecule has 7 heteroatoms. The Morgan fingerprint density at radius 2 is 2.00 bits per heavy atom. The van der Waals surface area contributed by atoms with Gasteiger partial charge in [-0.15, -0.1) is 0 Å². The molecular weight excluding hydrogens is 336 g/mol. The molecule has 0 fully saturated rings. The number of hydrogen-bond acceptors (Lipinski definition) is 4. The van der Waals surface area contributed by atoms with E-state index < -0.39 is 5.56 Å². The predicted molar refractivity (Wildman–Crippen MR) is 81.5 cm³/mol. The van der Waals surface area contributed by atoms with Crippen molar-refractivity contribution in [1.82, 2.24) is 20.0 Å². The zero-order valence-electron chi connectivity index (χ0n) is 11.0. The van der Waals surface area contributed by atoms with E-state index in [0.717, 1.165) is 21.4 Å². The van der Waals surface area contributed by atoms with Crippen LogP contribution in [0.4, 0.5) is 0 Å². The van der Waals surface area contributed by atoms with Gasteiger partial charge in [-0.2, -0.15) is 10.2 Å². The lowest BCUT2D eigenvalue weighted by molar-refractivity contribution is 0.463. The van der Waals surface area contributed by atoms with Crippen LogP contribution in [0.25, 0.3) is 16.9 Å². The van der Waals surface area contributed by atoms with Gasteiger partial charge in [-0.05, 0) is 25.1 Å². The number of aryl methyl sites for hydroxylation is 1. The summed E-state index contributed by atoms with van der Waals surface area (Å²) in [6, 6.07) is 9.53. The molecule has 6 nitrogen and oxygen atoms in total. The molecule has 0 aliphatic rings. The molecule has 0 aliphatic heterocycles. The third-order valence-electron chi connectivity index (χ3n) is 3.05. The molecule has 2 heterocycles. The number of aromatic amines is 1. The third kappa shape index (κ3) is 2.47. The van der Waals surface area contributed by atoms with Crippen LogP contribution in [0, 0.1) is 6.92 Å². The molecule has 3 rings (SSSR count). The number of hydrogen-bond donors (Lipinski definition) is 2. The van der Waals surface area contributed by atoms with Crippen molar-refractivity contribution in [3.63, 3.8) is 0 Å². The predicted octanol–water partition coefficient (Wildman–Crippen LogP) is 2.40. The number of halogens is 1. The number of H-pyrrole nitrogens is 1. The molecule has 106 valence electrons. The van der Waals surface area contributed by atoms with Crippen LogP contribution in [0.5, 0.6) is 5.75 Å². The summed E-state index contributed by atoms with van der Waals surface area (Å²) >= 11 is 3.38. The van der Waals surface area contributed by atoms with Crippen LogP contribution >= 0.6 is 15.9 Å². The van der Waals surface area contributed by atoms with Gasteiger partial charge in [0.1, 0.15) is 0 Å². The molecule has 0 spiro atoms. The second kappa shape index (κ2) is 5.17. The van der Waals surface area contributed by atoms with E-state index in [-0.39, 0.29) is 11.4 Å². The molecule has 0 aliphatic carbocycles. The van der Waals surface area contributed by atoms with Crippen molar-refractivity contribution in [2.24, 2.45) is 0 Å². The maximum absolute atomic E-state index is 11.8. The van der Waals surface area contributed by atoms with Gasteiger partial charge in [0, 0.05) is 15.7 Å². The lowest BCUT2D eigenvalue weighted by Gasteiger charge is -2.04. The van der Waals surface area contributed by atoms with E-state index in [1.54, 1.807) is 0 Å². The highest BCUT2D eigenvalue weighted by Gasteiger charge is 2.14. The van der Waals surface area contributed by atoms with Crippen molar-refractivity contribution >= 4 is 15.9 Å². The van der Waals surface area contributed by atoms with Crippen LogP contribution in [-0.2, 0) is 0 Å². The van der Waals surface area contributed by atoms with Gasteiger partial charge in [0.25, 0.3) is 5.56 Å². The van der Waals surface area contributed by atoms with Crippen LogP contribution in [-0.4, -0.2) is 25.1 Å². The lowest BCUT2D eigenvalue weighted by Crippen LogP contribution is -2.17. The van der Waals surface area contributed by atoms with Gasteiger partial charge in [0.15, 0.2) is 11.4 Å². The summed E-state index contributed by atoms with van der Waals surface area (Å²) in [4.78, 5) is 11.8. The Balaban J connectivity index is 2.14. The molecule has 0 unspecified atom stereocenters. The van der Waals surface area contributed by atoms with Crippen molar-refractivity contribution < 1.29 is 5.11 Å². The molecule has 21 heavy (non-hydrogen) atoms. The summed E-state index contributed by atoms with van der Waals surface area (Å²) in [5.41, 5.74) is 1.94. The van der Waals surface area contributed by atoms with Crippen LogP contribution in [0.15, 0.2) is 45.8 Å². The molecular formula is C14H11BrN4O2. The summed E-state index contributed by atoms with van der Waals surface area (Å²) in [5.74, 6) is -0.215. The normalized spacial score (nSPS) is 10.8. The van der Waals surface area contributed by atoms with E-state index in [1.165, 1.54) is 10.9 Å². The monoisotopic (exact) mass is 346 g/mol. The first-order chi connectivity index (χ1) is 10.1. The van der Waals surface area contributed by atoms with Gasteiger partial charge >= 0.3 is 0 Å². The van der Waals surface area contributed by atoms with Crippen LogP contribution < -0.4 is 5.56 Å². The van der Waals surface area contributed by atoms with Crippen molar-refractivity contribution in [2.75, 3.05) is 0 Å². The van der Waals surface area contributed by atoms with E-state index in [9.17, 15) is 9.90 Å². The Kier molecular flexibility index (Phi) is 3.34. The maximum atomic E-state index is 11.8. The van der Waals surface area contributed by atoms with Gasteiger partial charge in [-0.1, -0.05) is 28.1 Å². The first-order valence-electron chi connectivity index (χ1n) is 6.16. The zero-order valence-corrected chi connectivity index (χ0v) is 12.6. The maximum Gasteiger partial charge on any atom is 0.293 e. The van der Waals surface area contributed by atoms with Crippen molar-refractivity contribution in [1.29, 1.82) is 0 Å². The summed E-state index contributed by atoms with van der Waals surface area (Å²) in [6.45, 7) is 1.81. The SMILES string of the molecule is Cc1cc(-c2ccc(Br)cc2)nn1-c1c(O)cn[nH]c1=O. The highest BCUT2D eigenvalue weighted by Crippen LogP contribution is 2.24. The zero-order chi connectivity index (χ0) is 15.0. The minimum absolute atomic E-state index is 0.0610. The van der Waals surface area contributed by atoms with Crippen molar-refractivity contribution in [2.45, 2.75) is 6.92 Å². The molecule has 0 saturated carbocycles. The Morgan fingerprint density at radius 3 is 2.67 bits per heavy atom. The summed E-state index contributed by atoms with van der Waals surface area (Å²) < 4.78 is 2.39. The fraction of sp³-hybridized carbons (Fsp3) is 0.0714. The van der Waals surface area contributed by atoms with Crippen molar-refractivity contribution in [3.8, 4) is 22.7 Å². The number of aromatic nitrogens is 4. The average Bonchev–Trinajstić information content (AvgIpc) is 2.81. The van der Waals surface area contributed by atoms with E-state index in [1.807, 2.05) is 37.3 Å². The molecule has 0 radical (unpaired) electrons. The number of nitrogens with zero attached hydrogens (tertiary/aromatic N) is 3. The summed E-state index contributed by atoms with van der Waals surface area (Å²) in [6.07, 6.45) is 1.18. The van der Waals surface area contributed by atoms with E-state index in [4.69, 9.17) is 0 Å². The number of benzene rings is 1. The van der Waals surface area contributed by atoms with Gasteiger partial charge < -0.3 is 5.11 Å². The molecule has 0 amide bonds. The lowest BCUT2D eigenvalue weighted by atomic mass is 10.1. The minimum Gasteiger partial charge on any atom is -0.504 e. The Morgan fingerprint density at radius 1 is 1.29 bits per heavy atom. The van der Waals surface area contributed by atoms with Gasteiger partial charge in [0.2, 0.25) is 0 Å². The second-order valence-corrected chi connectivity index (χ2v) is 5.44. The molecule has 1 aromatic carbocycles. The number of aromatic hydroxyl groups is 1. The highest BCUT2D eigenvalue weighted by atomic mass is 79.9. The number of rotatable bonds is 2. The Bertz CT molecular complexity index is 852. The van der Waals surface area contributed by atoms with Crippen LogP contribution in [0.3, 0.4) is 0 Å². The smallest absolute Gasteiger partial charge is 0.293 e. The van der Waals surface area contributed by atoms with Crippen molar-refractivity contribution in [3.05, 3.63) is 57.0 Å². The summed E-state index contributed by atoms with van der Waals surface area (Å²) in [7, 11) is 0. The van der Waals surface area contributed by atoms with Crippen LogP contribution in [0.1, 0.15) is 5.69 Å².